The van der Waals surface area contributed by atoms with E-state index in [0.717, 1.165) is 6.07 Å². The fourth-order valence-corrected chi connectivity index (χ4v) is 2.07. The first kappa shape index (κ1) is 12.6. The van der Waals surface area contributed by atoms with Gasteiger partial charge in [0.15, 0.2) is 11.6 Å². The average molecular weight is 306 g/mol. The minimum atomic E-state index is -1.33. The van der Waals surface area contributed by atoms with Crippen LogP contribution in [0.25, 0.3) is 0 Å². The summed E-state index contributed by atoms with van der Waals surface area (Å²) in [6, 6.07) is 2.23. The fourth-order valence-electron chi connectivity index (χ4n) is 1.74. The number of carbonyl (C=O) groups is 1. The van der Waals surface area contributed by atoms with E-state index in [4.69, 9.17) is 10.5 Å². The molecule has 1 aromatic carbocycles. The molecule has 1 atom stereocenters. The molecule has 0 aromatic heterocycles. The van der Waals surface area contributed by atoms with Gasteiger partial charge < -0.3 is 10.5 Å². The Kier molecular flexibility index (Phi) is 3.29. The Hall–Kier alpha value is -0.850. The standard InChI is InChI=1S/C11H10BrF2NO2/c12-6-1-2-7(13)8(9(6)14)10(16)11(15)3-4-17-5-11/h1-2H,3-5,15H2. The van der Waals surface area contributed by atoms with E-state index in [2.05, 4.69) is 15.9 Å². The summed E-state index contributed by atoms with van der Waals surface area (Å²) in [4.78, 5) is 12.1. The summed E-state index contributed by atoms with van der Waals surface area (Å²) >= 11 is 2.91. The number of ether oxygens (including phenoxy) is 1. The molecule has 2 rings (SSSR count). The molecule has 6 heteroatoms. The highest BCUT2D eigenvalue weighted by atomic mass is 79.9. The topological polar surface area (TPSA) is 52.3 Å². The molecule has 17 heavy (non-hydrogen) atoms. The molecule has 1 heterocycles. The highest BCUT2D eigenvalue weighted by Crippen LogP contribution is 2.27. The van der Waals surface area contributed by atoms with E-state index < -0.39 is 28.5 Å². The zero-order valence-corrected chi connectivity index (χ0v) is 10.4. The van der Waals surface area contributed by atoms with Crippen LogP contribution in [0.1, 0.15) is 16.8 Å². The van der Waals surface area contributed by atoms with Gasteiger partial charge in [0.25, 0.3) is 0 Å². The van der Waals surface area contributed by atoms with E-state index in [-0.39, 0.29) is 17.5 Å². The van der Waals surface area contributed by atoms with Crippen molar-refractivity contribution < 1.29 is 18.3 Å². The zero-order chi connectivity index (χ0) is 12.6. The smallest absolute Gasteiger partial charge is 0.191 e. The largest absolute Gasteiger partial charge is 0.379 e. The number of halogens is 3. The van der Waals surface area contributed by atoms with Crippen molar-refractivity contribution in [3.05, 3.63) is 33.8 Å². The number of benzene rings is 1. The number of nitrogens with two attached hydrogens (primary N) is 1. The molecule has 0 radical (unpaired) electrons. The van der Waals surface area contributed by atoms with Gasteiger partial charge in [-0.2, -0.15) is 0 Å². The molecular formula is C11H10BrF2NO2. The van der Waals surface area contributed by atoms with Crippen molar-refractivity contribution >= 4 is 21.7 Å². The van der Waals surface area contributed by atoms with E-state index in [1.807, 2.05) is 0 Å². The Bertz CT molecular complexity index is 473. The highest BCUT2D eigenvalue weighted by molar-refractivity contribution is 9.10. The summed E-state index contributed by atoms with van der Waals surface area (Å²) in [5.41, 5.74) is 3.86. The SMILES string of the molecule is NC1(C(=O)c2c(F)ccc(Br)c2F)CCOC1. The van der Waals surface area contributed by atoms with Crippen LogP contribution in [0, 0.1) is 11.6 Å². The van der Waals surface area contributed by atoms with E-state index in [9.17, 15) is 13.6 Å². The molecule has 1 aliphatic heterocycles. The quantitative estimate of drug-likeness (QED) is 0.672. The highest BCUT2D eigenvalue weighted by Gasteiger charge is 2.41. The molecule has 0 bridgehead atoms. The molecule has 0 amide bonds. The van der Waals surface area contributed by atoms with Crippen molar-refractivity contribution in [3.63, 3.8) is 0 Å². The van der Waals surface area contributed by atoms with Gasteiger partial charge in [-0.3, -0.25) is 4.79 Å². The van der Waals surface area contributed by atoms with Crippen LogP contribution in [0.5, 0.6) is 0 Å². The van der Waals surface area contributed by atoms with Gasteiger partial charge in [-0.05, 0) is 34.5 Å². The summed E-state index contributed by atoms with van der Waals surface area (Å²) in [7, 11) is 0. The predicted octanol–water partition coefficient (Wildman–Crippen LogP) is 2.03. The summed E-state index contributed by atoms with van der Waals surface area (Å²) in [6.07, 6.45) is 0.261. The van der Waals surface area contributed by atoms with Crippen LogP contribution >= 0.6 is 15.9 Å². The lowest BCUT2D eigenvalue weighted by atomic mass is 9.89. The molecule has 3 nitrogen and oxygen atoms in total. The average Bonchev–Trinajstić information content (AvgIpc) is 2.72. The van der Waals surface area contributed by atoms with Gasteiger partial charge >= 0.3 is 0 Å². The van der Waals surface area contributed by atoms with Gasteiger partial charge in [0.2, 0.25) is 0 Å². The van der Waals surface area contributed by atoms with Crippen molar-refractivity contribution in [2.75, 3.05) is 13.2 Å². The van der Waals surface area contributed by atoms with Gasteiger partial charge in [0.1, 0.15) is 11.4 Å². The third kappa shape index (κ3) is 2.12. The van der Waals surface area contributed by atoms with Crippen molar-refractivity contribution in [2.24, 2.45) is 5.73 Å². The second-order valence-electron chi connectivity index (χ2n) is 4.01. The Morgan fingerprint density at radius 1 is 1.47 bits per heavy atom. The minimum Gasteiger partial charge on any atom is -0.379 e. The zero-order valence-electron chi connectivity index (χ0n) is 8.80. The lowest BCUT2D eigenvalue weighted by Crippen LogP contribution is -2.49. The number of rotatable bonds is 2. The maximum absolute atomic E-state index is 13.7. The van der Waals surface area contributed by atoms with Crippen LogP contribution in [-0.2, 0) is 4.74 Å². The van der Waals surface area contributed by atoms with Crippen LogP contribution < -0.4 is 5.73 Å². The first-order valence-corrected chi connectivity index (χ1v) is 5.80. The van der Waals surface area contributed by atoms with E-state index in [1.54, 1.807) is 0 Å². The second kappa shape index (κ2) is 4.44. The molecule has 1 aromatic rings. The Balaban J connectivity index is 2.47. The third-order valence-electron chi connectivity index (χ3n) is 2.78. The number of Topliss-reactive ketones (excluding diaryl/α,β-unsaturated/α-hetero) is 1. The van der Waals surface area contributed by atoms with Crippen LogP contribution in [0.15, 0.2) is 16.6 Å². The molecular weight excluding hydrogens is 296 g/mol. The Morgan fingerprint density at radius 3 is 2.76 bits per heavy atom. The maximum Gasteiger partial charge on any atom is 0.191 e. The Labute approximate surface area is 105 Å². The minimum absolute atomic E-state index is 0.0166. The van der Waals surface area contributed by atoms with Crippen molar-refractivity contribution in [1.82, 2.24) is 0 Å². The van der Waals surface area contributed by atoms with Gasteiger partial charge in [-0.1, -0.05) is 0 Å². The van der Waals surface area contributed by atoms with E-state index >= 15 is 0 Å². The lowest BCUT2D eigenvalue weighted by Gasteiger charge is -2.20. The fraction of sp³-hybridized carbons (Fsp3) is 0.364. The normalized spacial score (nSPS) is 24.0. The van der Waals surface area contributed by atoms with Gasteiger partial charge in [0.05, 0.1) is 16.6 Å². The molecule has 0 saturated carbocycles. The number of hydrogen-bond donors (Lipinski definition) is 1. The van der Waals surface area contributed by atoms with Crippen LogP contribution in [-0.4, -0.2) is 24.5 Å². The summed E-state index contributed by atoms with van der Waals surface area (Å²) < 4.78 is 32.3. The molecule has 1 fully saturated rings. The van der Waals surface area contributed by atoms with Crippen LogP contribution in [0.2, 0.25) is 0 Å². The predicted molar refractivity (Wildman–Crippen MR) is 60.7 cm³/mol. The molecule has 1 aliphatic rings. The van der Waals surface area contributed by atoms with Crippen LogP contribution in [0.4, 0.5) is 8.78 Å². The van der Waals surface area contributed by atoms with Gasteiger partial charge in [-0.25, -0.2) is 8.78 Å². The van der Waals surface area contributed by atoms with Crippen molar-refractivity contribution in [1.29, 1.82) is 0 Å². The van der Waals surface area contributed by atoms with Gasteiger partial charge in [0, 0.05) is 6.61 Å². The number of carbonyl (C=O) groups excluding carboxylic acids is 1. The molecule has 2 N–H and O–H groups in total. The molecule has 0 spiro atoms. The first-order chi connectivity index (χ1) is 7.96. The molecule has 1 unspecified atom stereocenters. The molecule has 1 saturated heterocycles. The van der Waals surface area contributed by atoms with Gasteiger partial charge in [-0.15, -0.1) is 0 Å². The number of ketones is 1. The Morgan fingerprint density at radius 2 is 2.18 bits per heavy atom. The second-order valence-corrected chi connectivity index (χ2v) is 4.86. The summed E-state index contributed by atoms with van der Waals surface area (Å²) in [5, 5.41) is 0. The monoisotopic (exact) mass is 305 g/mol. The van der Waals surface area contributed by atoms with E-state index in [0.29, 0.717) is 6.61 Å². The van der Waals surface area contributed by atoms with E-state index in [1.165, 1.54) is 6.07 Å². The lowest BCUT2D eigenvalue weighted by molar-refractivity contribution is 0.0854. The summed E-state index contributed by atoms with van der Waals surface area (Å²) in [6.45, 7) is 0.302. The first-order valence-electron chi connectivity index (χ1n) is 5.00. The maximum atomic E-state index is 13.7. The third-order valence-corrected chi connectivity index (χ3v) is 3.39. The molecule has 92 valence electrons. The van der Waals surface area contributed by atoms with Crippen molar-refractivity contribution in [2.45, 2.75) is 12.0 Å². The number of hydrogen-bond acceptors (Lipinski definition) is 3. The van der Waals surface area contributed by atoms with Crippen molar-refractivity contribution in [3.8, 4) is 0 Å². The molecule has 0 aliphatic carbocycles. The van der Waals surface area contributed by atoms with Crippen LogP contribution in [0.3, 0.4) is 0 Å². The summed E-state index contributed by atoms with van der Waals surface area (Å²) in [5.74, 6) is -2.59.